The number of carbonyl (C=O) groups excluding carboxylic acids is 1. The maximum atomic E-state index is 12.3. The van der Waals surface area contributed by atoms with E-state index in [0.29, 0.717) is 30.2 Å². The lowest BCUT2D eigenvalue weighted by Crippen LogP contribution is -2.41. The van der Waals surface area contributed by atoms with Crippen LogP contribution in [0.15, 0.2) is 48.8 Å². The molecule has 0 unspecified atom stereocenters. The van der Waals surface area contributed by atoms with Gasteiger partial charge in [0.1, 0.15) is 11.5 Å². The van der Waals surface area contributed by atoms with E-state index in [4.69, 9.17) is 4.74 Å². The summed E-state index contributed by atoms with van der Waals surface area (Å²) in [7, 11) is 0. The molecule has 0 aliphatic rings. The third kappa shape index (κ3) is 5.71. The van der Waals surface area contributed by atoms with Crippen LogP contribution >= 0.6 is 0 Å². The maximum absolute atomic E-state index is 12.3. The molecule has 23 heavy (non-hydrogen) atoms. The van der Waals surface area contributed by atoms with Gasteiger partial charge in [-0.3, -0.25) is 9.78 Å². The smallest absolute Gasteiger partial charge is 0.255 e. The Labute approximate surface area is 137 Å². The van der Waals surface area contributed by atoms with Crippen molar-refractivity contribution in [3.63, 3.8) is 0 Å². The summed E-state index contributed by atoms with van der Waals surface area (Å²) in [5.74, 6) is 0.962. The molecule has 0 radical (unpaired) electrons. The monoisotopic (exact) mass is 313 g/mol. The molecule has 0 saturated carbocycles. The number of amides is 1. The quantitative estimate of drug-likeness (QED) is 0.805. The zero-order chi connectivity index (χ0) is 16.7. The molecule has 5 heteroatoms. The van der Waals surface area contributed by atoms with Gasteiger partial charge < -0.3 is 15.4 Å². The van der Waals surface area contributed by atoms with Crippen LogP contribution in [0.4, 0.5) is 0 Å². The predicted molar refractivity (Wildman–Crippen MR) is 90.8 cm³/mol. The first-order valence-electron chi connectivity index (χ1n) is 7.66. The van der Waals surface area contributed by atoms with Crippen molar-refractivity contribution in [1.82, 2.24) is 15.6 Å². The Morgan fingerprint density at radius 3 is 2.61 bits per heavy atom. The third-order valence-corrected chi connectivity index (χ3v) is 3.06. The van der Waals surface area contributed by atoms with Gasteiger partial charge in [-0.15, -0.1) is 0 Å². The molecule has 2 N–H and O–H groups in total. The van der Waals surface area contributed by atoms with Crippen molar-refractivity contribution in [3.05, 3.63) is 54.4 Å². The Morgan fingerprint density at radius 1 is 1.13 bits per heavy atom. The Morgan fingerprint density at radius 2 is 1.91 bits per heavy atom. The lowest BCUT2D eigenvalue weighted by atomic mass is 10.1. The number of rotatable bonds is 6. The lowest BCUT2D eigenvalue weighted by Gasteiger charge is -2.20. The fourth-order valence-corrected chi connectivity index (χ4v) is 1.99. The van der Waals surface area contributed by atoms with Crippen molar-refractivity contribution in [1.29, 1.82) is 0 Å². The molecule has 1 heterocycles. The van der Waals surface area contributed by atoms with Gasteiger partial charge in [-0.05, 0) is 45.0 Å². The van der Waals surface area contributed by atoms with Crippen LogP contribution in [0.5, 0.6) is 11.5 Å². The lowest BCUT2D eigenvalue weighted by molar-refractivity contribution is 0.0950. The van der Waals surface area contributed by atoms with Gasteiger partial charge in [-0.1, -0.05) is 12.1 Å². The Kier molecular flexibility index (Phi) is 5.71. The highest BCUT2D eigenvalue weighted by Crippen LogP contribution is 2.24. The van der Waals surface area contributed by atoms with Crippen molar-refractivity contribution in [3.8, 4) is 11.5 Å². The van der Waals surface area contributed by atoms with E-state index in [0.717, 1.165) is 0 Å². The summed E-state index contributed by atoms with van der Waals surface area (Å²) in [6, 6.07) is 10.8. The van der Waals surface area contributed by atoms with Crippen LogP contribution in [0.3, 0.4) is 0 Å². The minimum absolute atomic E-state index is 0.0338. The highest BCUT2D eigenvalue weighted by Gasteiger charge is 2.13. The summed E-state index contributed by atoms with van der Waals surface area (Å²) in [5, 5.41) is 6.23. The SMILES string of the molecule is CC(C)(C)NCCNC(=O)c1ccccc1Oc1cccnc1. The van der Waals surface area contributed by atoms with E-state index in [1.54, 1.807) is 36.7 Å². The zero-order valence-electron chi connectivity index (χ0n) is 13.8. The largest absolute Gasteiger partial charge is 0.455 e. The summed E-state index contributed by atoms with van der Waals surface area (Å²) in [6.45, 7) is 7.53. The predicted octanol–water partition coefficient (Wildman–Crippen LogP) is 2.99. The summed E-state index contributed by atoms with van der Waals surface area (Å²) in [6.07, 6.45) is 3.29. The van der Waals surface area contributed by atoms with E-state index in [1.165, 1.54) is 0 Å². The molecule has 122 valence electrons. The van der Waals surface area contributed by atoms with Gasteiger partial charge in [0, 0.05) is 24.8 Å². The molecule has 2 rings (SSSR count). The van der Waals surface area contributed by atoms with Gasteiger partial charge in [0.25, 0.3) is 5.91 Å². The molecule has 0 bridgehead atoms. The number of carbonyl (C=O) groups is 1. The van der Waals surface area contributed by atoms with Gasteiger partial charge in [-0.25, -0.2) is 0 Å². The number of nitrogens with zero attached hydrogens (tertiary/aromatic N) is 1. The van der Waals surface area contributed by atoms with Crippen LogP contribution < -0.4 is 15.4 Å². The van der Waals surface area contributed by atoms with E-state index < -0.39 is 0 Å². The molecule has 1 amide bonds. The fourth-order valence-electron chi connectivity index (χ4n) is 1.99. The second kappa shape index (κ2) is 7.74. The Balaban J connectivity index is 1.98. The molecule has 5 nitrogen and oxygen atoms in total. The van der Waals surface area contributed by atoms with Crippen LogP contribution in [0.2, 0.25) is 0 Å². The summed E-state index contributed by atoms with van der Waals surface area (Å²) < 4.78 is 5.75. The molecule has 0 spiro atoms. The molecule has 0 atom stereocenters. The molecule has 0 saturated heterocycles. The fraction of sp³-hybridized carbons (Fsp3) is 0.333. The van der Waals surface area contributed by atoms with Crippen LogP contribution in [0.25, 0.3) is 0 Å². The van der Waals surface area contributed by atoms with Gasteiger partial charge in [0.15, 0.2) is 0 Å². The Bertz CT molecular complexity index is 636. The standard InChI is InChI=1S/C18H23N3O2/c1-18(2,3)21-12-11-20-17(22)15-8-4-5-9-16(15)23-14-7-6-10-19-13-14/h4-10,13,21H,11-12H2,1-3H3,(H,20,22). The number of para-hydroxylation sites is 1. The molecule has 1 aromatic heterocycles. The highest BCUT2D eigenvalue weighted by atomic mass is 16.5. The second-order valence-corrected chi connectivity index (χ2v) is 6.22. The van der Waals surface area contributed by atoms with E-state index in [1.807, 2.05) is 12.1 Å². The van der Waals surface area contributed by atoms with E-state index in [2.05, 4.69) is 36.4 Å². The van der Waals surface area contributed by atoms with Crippen LogP contribution in [0, 0.1) is 0 Å². The molecule has 0 fully saturated rings. The third-order valence-electron chi connectivity index (χ3n) is 3.06. The van der Waals surface area contributed by atoms with Crippen molar-refractivity contribution < 1.29 is 9.53 Å². The van der Waals surface area contributed by atoms with E-state index >= 15 is 0 Å². The normalized spacial score (nSPS) is 11.1. The topological polar surface area (TPSA) is 63.2 Å². The first-order valence-corrected chi connectivity index (χ1v) is 7.66. The first kappa shape index (κ1) is 17.0. The number of hydrogen-bond acceptors (Lipinski definition) is 4. The number of ether oxygens (including phenoxy) is 1. The minimum atomic E-state index is -0.153. The van der Waals surface area contributed by atoms with Crippen LogP contribution in [-0.4, -0.2) is 29.5 Å². The molecular formula is C18H23N3O2. The first-order chi connectivity index (χ1) is 11.0. The van der Waals surface area contributed by atoms with Gasteiger partial charge >= 0.3 is 0 Å². The summed E-state index contributed by atoms with van der Waals surface area (Å²) >= 11 is 0. The van der Waals surface area contributed by atoms with Gasteiger partial charge in [0.2, 0.25) is 0 Å². The number of nitrogens with one attached hydrogen (secondary N) is 2. The number of benzene rings is 1. The van der Waals surface area contributed by atoms with Crippen molar-refractivity contribution in [2.75, 3.05) is 13.1 Å². The van der Waals surface area contributed by atoms with E-state index in [9.17, 15) is 4.79 Å². The number of pyridine rings is 1. The summed E-state index contributed by atoms with van der Waals surface area (Å²) in [5.41, 5.74) is 0.540. The van der Waals surface area contributed by atoms with E-state index in [-0.39, 0.29) is 11.4 Å². The molecule has 0 aliphatic heterocycles. The number of aromatic nitrogens is 1. The summed E-state index contributed by atoms with van der Waals surface area (Å²) in [4.78, 5) is 16.4. The van der Waals surface area contributed by atoms with Crippen molar-refractivity contribution in [2.24, 2.45) is 0 Å². The number of hydrogen-bond donors (Lipinski definition) is 2. The minimum Gasteiger partial charge on any atom is -0.455 e. The van der Waals surface area contributed by atoms with Gasteiger partial charge in [0.05, 0.1) is 11.8 Å². The zero-order valence-corrected chi connectivity index (χ0v) is 13.8. The van der Waals surface area contributed by atoms with Crippen LogP contribution in [-0.2, 0) is 0 Å². The van der Waals surface area contributed by atoms with Crippen molar-refractivity contribution in [2.45, 2.75) is 26.3 Å². The molecule has 0 aliphatic carbocycles. The highest BCUT2D eigenvalue weighted by molar-refractivity contribution is 5.97. The maximum Gasteiger partial charge on any atom is 0.255 e. The average molecular weight is 313 g/mol. The molecular weight excluding hydrogens is 290 g/mol. The van der Waals surface area contributed by atoms with Crippen molar-refractivity contribution >= 4 is 5.91 Å². The molecule has 2 aromatic rings. The van der Waals surface area contributed by atoms with Gasteiger partial charge in [-0.2, -0.15) is 0 Å². The molecule has 1 aromatic carbocycles. The second-order valence-electron chi connectivity index (χ2n) is 6.22. The Hall–Kier alpha value is -2.40. The average Bonchev–Trinajstić information content (AvgIpc) is 2.52. The van der Waals surface area contributed by atoms with Crippen LogP contribution in [0.1, 0.15) is 31.1 Å².